The Morgan fingerprint density at radius 3 is 2.05 bits per heavy atom. The molecule has 0 unspecified atom stereocenters. The number of benzene rings is 1. The summed E-state index contributed by atoms with van der Waals surface area (Å²) < 4.78 is 53.2. The zero-order valence-electron chi connectivity index (χ0n) is 48.2. The van der Waals surface area contributed by atoms with E-state index in [0.29, 0.717) is 179 Å². The normalized spacial score (nSPS) is 17.5. The van der Waals surface area contributed by atoms with Gasteiger partial charge in [0.2, 0.25) is 11.7 Å². The number of allylic oxidation sites excluding steroid dienone is 1. The van der Waals surface area contributed by atoms with Crippen LogP contribution in [0.5, 0.6) is 5.75 Å². The number of ketones is 2. The van der Waals surface area contributed by atoms with Crippen molar-refractivity contribution in [1.29, 1.82) is 5.26 Å². The number of rotatable bonds is 38. The molecule has 5 heterocycles. The number of hydrogen-bond acceptors (Lipinski definition) is 21. The van der Waals surface area contributed by atoms with Gasteiger partial charge in [-0.3, -0.25) is 24.0 Å². The topological polar surface area (TPSA) is 321 Å². The molecule has 1 aromatic carbocycles. The van der Waals surface area contributed by atoms with Crippen molar-refractivity contribution in [2.45, 2.75) is 83.2 Å². The molecule has 1 saturated heterocycles. The number of nitriles is 1. The number of nitrogens with one attached hydrogen (secondary N) is 2. The first-order valence-corrected chi connectivity index (χ1v) is 28.8. The van der Waals surface area contributed by atoms with Gasteiger partial charge in [-0.05, 0) is 56.6 Å². The van der Waals surface area contributed by atoms with Gasteiger partial charge >= 0.3 is 0 Å². The number of carbonyl (C=O) groups excluding carboxylic acids is 5. The largest absolute Gasteiger partial charge is 0.494 e. The summed E-state index contributed by atoms with van der Waals surface area (Å²) in [6.07, 6.45) is 8.63. The molecule has 0 bridgehead atoms. The molecule has 2 saturated carbocycles. The van der Waals surface area contributed by atoms with E-state index in [4.69, 9.17) is 42.6 Å². The highest BCUT2D eigenvalue weighted by Gasteiger charge is 2.42. The van der Waals surface area contributed by atoms with Crippen LogP contribution in [0, 0.1) is 17.2 Å². The second-order valence-electron chi connectivity index (χ2n) is 20.6. The molecule has 3 amide bonds. The van der Waals surface area contributed by atoms with Gasteiger partial charge in [0.1, 0.15) is 23.6 Å². The Balaban J connectivity index is 0.683. The summed E-state index contributed by atoms with van der Waals surface area (Å²) in [5.74, 6) is -1.83. The van der Waals surface area contributed by atoms with Crippen molar-refractivity contribution in [2.75, 3.05) is 126 Å². The molecule has 3 fully saturated rings. The quantitative estimate of drug-likeness (QED) is 0.0221. The standard InChI is InChI=1S/C58H76N12O15/c1-40(71)10-15-78-18-21-81-24-25-82-22-19-79-16-13-68-37-45(64-66-68)38-85-29-28-84-27-26-83-23-20-80-17-14-69(57(75)43-30-47(72)31-43)46-32-44(33-46)63-56(74)54-62-39-70(65-54)55-52-51(50(77-2)36-61-55)49(35-60-52)53(73)58(76)67-11-8-42(9-12-67)48(34-59)41-6-4-3-5-7-41/h3-7,35-37,39,43-44,46-47,60,72H,8-33,38H2,1-2H3,(H,63,74). The van der Waals surface area contributed by atoms with Crippen LogP contribution in [0.25, 0.3) is 22.3 Å². The molecule has 0 spiro atoms. The summed E-state index contributed by atoms with van der Waals surface area (Å²) in [6.45, 7) is 9.26. The predicted octanol–water partition coefficient (Wildman–Crippen LogP) is 2.70. The minimum Gasteiger partial charge on any atom is -0.494 e. The number of fused-ring (bicyclic) bond motifs is 1. The zero-order chi connectivity index (χ0) is 59.8. The molecule has 3 aliphatic rings. The van der Waals surface area contributed by atoms with Gasteiger partial charge in [0.25, 0.3) is 17.6 Å². The summed E-state index contributed by atoms with van der Waals surface area (Å²) in [7, 11) is 1.43. The van der Waals surface area contributed by atoms with Crippen LogP contribution >= 0.6 is 0 Å². The fourth-order valence-electron chi connectivity index (χ4n) is 9.88. The molecule has 1 aliphatic heterocycles. The highest BCUT2D eigenvalue weighted by atomic mass is 16.6. The van der Waals surface area contributed by atoms with Crippen molar-refractivity contribution in [3.63, 3.8) is 0 Å². The second kappa shape index (κ2) is 33.3. The highest BCUT2D eigenvalue weighted by Crippen LogP contribution is 2.35. The SMILES string of the molecule is COc1cnc(-n2cnc(C(=O)NC3CC(N(CCOCCOCCOCCOCc4cn(CCOCCOCCOCCOCCC(C)=O)nn4)C(=O)C4CC(O)C4)C3)n2)c2[nH]cc(C(=O)C(=O)N3CCC(=C(C#N)c4ccccc4)CC3)c12. The van der Waals surface area contributed by atoms with E-state index in [9.17, 15) is 34.3 Å². The number of amides is 3. The number of nitrogens with zero attached hydrogens (tertiary/aromatic N) is 10. The van der Waals surface area contributed by atoms with E-state index < -0.39 is 23.7 Å². The summed E-state index contributed by atoms with van der Waals surface area (Å²) >= 11 is 0. The average Bonchev–Trinajstić information content (AvgIpc) is 3.26. The Bertz CT molecular complexity index is 3030. The van der Waals surface area contributed by atoms with Crippen LogP contribution in [0.4, 0.5) is 0 Å². The predicted molar refractivity (Wildman–Crippen MR) is 302 cm³/mol. The van der Waals surface area contributed by atoms with E-state index in [1.165, 1.54) is 42.3 Å². The maximum Gasteiger partial charge on any atom is 0.295 e. The third-order valence-electron chi connectivity index (χ3n) is 14.6. The Morgan fingerprint density at radius 2 is 1.42 bits per heavy atom. The number of ether oxygens (including phenoxy) is 9. The van der Waals surface area contributed by atoms with Crippen molar-refractivity contribution in [1.82, 2.24) is 54.8 Å². The van der Waals surface area contributed by atoms with Crippen LogP contribution in [0.1, 0.15) is 84.1 Å². The lowest BCUT2D eigenvalue weighted by Crippen LogP contribution is -2.58. The summed E-state index contributed by atoms with van der Waals surface area (Å²) in [5, 5.41) is 35.8. The Hall–Kier alpha value is -7.39. The first-order valence-electron chi connectivity index (χ1n) is 28.8. The number of Topliss-reactive ketones (excluding diaryl/α,β-unsaturated/α-hetero) is 2. The van der Waals surface area contributed by atoms with Crippen molar-refractivity contribution in [3.8, 4) is 17.6 Å². The summed E-state index contributed by atoms with van der Waals surface area (Å²) in [6, 6.07) is 11.3. The van der Waals surface area contributed by atoms with Gasteiger partial charge in [-0.1, -0.05) is 35.5 Å². The fourth-order valence-corrected chi connectivity index (χ4v) is 9.88. The third-order valence-corrected chi connectivity index (χ3v) is 14.6. The average molecular weight is 1180 g/mol. The van der Waals surface area contributed by atoms with E-state index in [-0.39, 0.29) is 72.3 Å². The molecule has 3 N–H and O–H groups in total. The summed E-state index contributed by atoms with van der Waals surface area (Å²) in [4.78, 5) is 80.6. The number of H-pyrrole nitrogens is 1. The monoisotopic (exact) mass is 1180 g/mol. The first-order chi connectivity index (χ1) is 41.5. The molecule has 85 heavy (non-hydrogen) atoms. The number of methoxy groups -OCH3 is 1. The Labute approximate surface area is 492 Å². The number of carbonyl (C=O) groups is 5. The number of hydrogen-bond donors (Lipinski definition) is 3. The van der Waals surface area contributed by atoms with Crippen LogP contribution < -0.4 is 10.1 Å². The number of aromatic nitrogens is 8. The molecule has 2 aliphatic carbocycles. The van der Waals surface area contributed by atoms with Crippen LogP contribution in [0.2, 0.25) is 0 Å². The van der Waals surface area contributed by atoms with Crippen LogP contribution in [-0.2, 0) is 65.4 Å². The zero-order valence-corrected chi connectivity index (χ0v) is 48.2. The van der Waals surface area contributed by atoms with Crippen LogP contribution in [0.3, 0.4) is 0 Å². The maximum atomic E-state index is 13.9. The lowest BCUT2D eigenvalue weighted by atomic mass is 9.79. The summed E-state index contributed by atoms with van der Waals surface area (Å²) in [5.41, 5.74) is 3.45. The van der Waals surface area contributed by atoms with E-state index in [1.54, 1.807) is 9.58 Å². The van der Waals surface area contributed by atoms with Gasteiger partial charge < -0.3 is 67.8 Å². The molecule has 458 valence electrons. The van der Waals surface area contributed by atoms with Gasteiger partial charge in [0.05, 0.1) is 166 Å². The van der Waals surface area contributed by atoms with Gasteiger partial charge in [-0.15, -0.1) is 10.2 Å². The second-order valence-corrected chi connectivity index (χ2v) is 20.6. The number of piperidine rings is 1. The maximum absolute atomic E-state index is 13.9. The van der Waals surface area contributed by atoms with Gasteiger partial charge in [0.15, 0.2) is 5.82 Å². The van der Waals surface area contributed by atoms with Gasteiger partial charge in [-0.25, -0.2) is 14.6 Å². The Kier molecular flexibility index (Phi) is 25.0. The molecule has 4 aromatic heterocycles. The van der Waals surface area contributed by atoms with E-state index in [1.807, 2.05) is 36.5 Å². The number of aromatic amines is 1. The number of aliphatic hydroxyl groups is 1. The van der Waals surface area contributed by atoms with Gasteiger partial charge in [0, 0.05) is 50.3 Å². The third kappa shape index (κ3) is 18.6. The Morgan fingerprint density at radius 1 is 0.800 bits per heavy atom. The minimum absolute atomic E-state index is 0.0435. The molecule has 27 heteroatoms. The number of pyridine rings is 1. The smallest absolute Gasteiger partial charge is 0.295 e. The lowest BCUT2D eigenvalue weighted by Gasteiger charge is -2.45. The van der Waals surface area contributed by atoms with Crippen molar-refractivity contribution >= 4 is 45.8 Å². The lowest BCUT2D eigenvalue weighted by molar-refractivity contribution is -0.148. The minimum atomic E-state index is -0.742. The van der Waals surface area contributed by atoms with Crippen molar-refractivity contribution in [3.05, 3.63) is 83.5 Å². The van der Waals surface area contributed by atoms with Crippen molar-refractivity contribution < 1.29 is 71.7 Å². The molecular weight excluding hydrogens is 1100 g/mol. The number of aliphatic hydroxyl groups excluding tert-OH is 1. The molecule has 27 nitrogen and oxygen atoms in total. The van der Waals surface area contributed by atoms with E-state index >= 15 is 0 Å². The molecule has 0 radical (unpaired) electrons. The highest BCUT2D eigenvalue weighted by molar-refractivity contribution is 6.45. The molecule has 5 aromatic rings. The first kappa shape index (κ1) is 63.6. The molecule has 0 atom stereocenters. The fraction of sp³-hybridized carbons (Fsp3) is 0.569. The van der Waals surface area contributed by atoms with Gasteiger partial charge in [-0.2, -0.15) is 9.94 Å². The van der Waals surface area contributed by atoms with Crippen LogP contribution in [0.15, 0.2) is 60.8 Å². The molecule has 8 rings (SSSR count). The van der Waals surface area contributed by atoms with Crippen molar-refractivity contribution in [2.24, 2.45) is 5.92 Å². The van der Waals surface area contributed by atoms with Crippen LogP contribution in [-0.4, -0.2) is 228 Å². The number of likely N-dealkylation sites (tertiary alicyclic amines) is 1. The molecular formula is C58H76N12O15. The van der Waals surface area contributed by atoms with E-state index in [0.717, 1.165) is 11.1 Å². The van der Waals surface area contributed by atoms with E-state index in [2.05, 4.69) is 41.7 Å².